The topological polar surface area (TPSA) is 84.1 Å². The van der Waals surface area contributed by atoms with E-state index in [2.05, 4.69) is 15.3 Å². The number of nitrogens with one attached hydrogen (secondary N) is 2. The number of amides is 1. The molecule has 3 aromatic carbocycles. The largest absolute Gasteiger partial charge is 0.465 e. The fourth-order valence-electron chi connectivity index (χ4n) is 3.02. The summed E-state index contributed by atoms with van der Waals surface area (Å²) < 4.78 is 4.83. The lowest BCUT2D eigenvalue weighted by Gasteiger charge is -2.10. The Balaban J connectivity index is 1.72. The van der Waals surface area contributed by atoms with Crippen molar-refractivity contribution >= 4 is 28.9 Å². The second-order valence-corrected chi connectivity index (χ2v) is 6.17. The maximum Gasteiger partial charge on any atom is 0.338 e. The summed E-state index contributed by atoms with van der Waals surface area (Å²) in [4.78, 5) is 32.5. The van der Waals surface area contributed by atoms with Crippen LogP contribution < -0.4 is 5.32 Å². The summed E-state index contributed by atoms with van der Waals surface area (Å²) in [5, 5.41) is 2.73. The van der Waals surface area contributed by atoms with Gasteiger partial charge in [0.1, 0.15) is 0 Å². The fourth-order valence-corrected chi connectivity index (χ4v) is 3.02. The number of para-hydroxylation sites is 2. The monoisotopic (exact) mass is 371 g/mol. The van der Waals surface area contributed by atoms with Gasteiger partial charge in [-0.25, -0.2) is 9.78 Å². The highest BCUT2D eigenvalue weighted by molar-refractivity contribution is 6.11. The van der Waals surface area contributed by atoms with Gasteiger partial charge in [0.15, 0.2) is 0 Å². The van der Waals surface area contributed by atoms with E-state index < -0.39 is 11.9 Å². The van der Waals surface area contributed by atoms with E-state index in [4.69, 9.17) is 4.74 Å². The van der Waals surface area contributed by atoms with Crippen molar-refractivity contribution in [3.8, 4) is 11.1 Å². The highest BCUT2D eigenvalue weighted by Gasteiger charge is 2.20. The van der Waals surface area contributed by atoms with Gasteiger partial charge in [0, 0.05) is 0 Å². The standard InChI is InChI=1S/C22H17N3O3/c1-28-21(27)16-12-11-15(14-7-3-2-4-8-14)13-17(16)20(26)25-22-23-18-9-5-6-10-19(18)24-22/h2-13H,1H3,(H2,23,24,25,26). The minimum absolute atomic E-state index is 0.191. The smallest absolute Gasteiger partial charge is 0.338 e. The third-order valence-corrected chi connectivity index (χ3v) is 4.40. The number of anilines is 1. The van der Waals surface area contributed by atoms with E-state index >= 15 is 0 Å². The molecule has 138 valence electrons. The Morgan fingerprint density at radius 3 is 2.39 bits per heavy atom. The predicted octanol–water partition coefficient (Wildman–Crippen LogP) is 4.27. The summed E-state index contributed by atoms with van der Waals surface area (Å²) in [6.45, 7) is 0. The average Bonchev–Trinajstić information content (AvgIpc) is 3.15. The van der Waals surface area contributed by atoms with E-state index in [0.717, 1.165) is 22.2 Å². The van der Waals surface area contributed by atoms with Gasteiger partial charge >= 0.3 is 5.97 Å². The molecule has 28 heavy (non-hydrogen) atoms. The number of H-pyrrole nitrogens is 1. The summed E-state index contributed by atoms with van der Waals surface area (Å²) in [6.07, 6.45) is 0. The fraction of sp³-hybridized carbons (Fsp3) is 0.0455. The van der Waals surface area contributed by atoms with Crippen molar-refractivity contribution in [2.45, 2.75) is 0 Å². The Kier molecular flexibility index (Phi) is 4.60. The Labute approximate surface area is 161 Å². The van der Waals surface area contributed by atoms with E-state index in [1.54, 1.807) is 18.2 Å². The summed E-state index contributed by atoms with van der Waals surface area (Å²) in [6, 6.07) is 22.2. The van der Waals surface area contributed by atoms with Gasteiger partial charge in [0.05, 0.1) is 29.3 Å². The number of imidazole rings is 1. The first kappa shape index (κ1) is 17.5. The number of rotatable bonds is 4. The van der Waals surface area contributed by atoms with Crippen LogP contribution in [-0.2, 0) is 4.74 Å². The van der Waals surface area contributed by atoms with Crippen LogP contribution in [0.2, 0.25) is 0 Å². The molecular formula is C22H17N3O3. The van der Waals surface area contributed by atoms with Crippen molar-refractivity contribution in [3.63, 3.8) is 0 Å². The van der Waals surface area contributed by atoms with Gasteiger partial charge in [0.25, 0.3) is 5.91 Å². The molecule has 2 N–H and O–H groups in total. The molecule has 4 aromatic rings. The SMILES string of the molecule is COC(=O)c1ccc(-c2ccccc2)cc1C(=O)Nc1nc2ccccc2[nH]1. The van der Waals surface area contributed by atoms with Crippen LogP contribution in [0.15, 0.2) is 72.8 Å². The van der Waals surface area contributed by atoms with E-state index in [9.17, 15) is 9.59 Å². The summed E-state index contributed by atoms with van der Waals surface area (Å²) >= 11 is 0. The molecule has 0 saturated carbocycles. The van der Waals surface area contributed by atoms with Gasteiger partial charge in [-0.1, -0.05) is 48.5 Å². The molecule has 0 aliphatic rings. The zero-order valence-electron chi connectivity index (χ0n) is 15.1. The molecular weight excluding hydrogens is 354 g/mol. The van der Waals surface area contributed by atoms with Crippen molar-refractivity contribution in [2.75, 3.05) is 12.4 Å². The second-order valence-electron chi connectivity index (χ2n) is 6.17. The highest BCUT2D eigenvalue weighted by Crippen LogP contribution is 2.24. The number of ether oxygens (including phenoxy) is 1. The Morgan fingerprint density at radius 2 is 1.64 bits per heavy atom. The molecule has 0 spiro atoms. The first-order valence-electron chi connectivity index (χ1n) is 8.69. The third kappa shape index (κ3) is 3.35. The van der Waals surface area contributed by atoms with E-state index in [1.807, 2.05) is 54.6 Å². The number of aromatic nitrogens is 2. The summed E-state index contributed by atoms with van der Waals surface area (Å²) in [5.41, 5.74) is 3.72. The van der Waals surface area contributed by atoms with Crippen LogP contribution in [0.1, 0.15) is 20.7 Å². The first-order chi connectivity index (χ1) is 13.7. The first-order valence-corrected chi connectivity index (χ1v) is 8.69. The minimum atomic E-state index is -0.575. The molecule has 0 bridgehead atoms. The zero-order valence-corrected chi connectivity index (χ0v) is 15.1. The molecule has 0 fully saturated rings. The number of methoxy groups -OCH3 is 1. The van der Waals surface area contributed by atoms with Crippen molar-refractivity contribution in [2.24, 2.45) is 0 Å². The zero-order chi connectivity index (χ0) is 19.5. The number of carbonyl (C=O) groups excluding carboxylic acids is 2. The lowest BCUT2D eigenvalue weighted by atomic mass is 9.98. The van der Waals surface area contributed by atoms with Crippen molar-refractivity contribution in [3.05, 3.63) is 83.9 Å². The molecule has 4 rings (SSSR count). The molecule has 1 aromatic heterocycles. The van der Waals surface area contributed by atoms with E-state index in [-0.39, 0.29) is 11.1 Å². The number of fused-ring (bicyclic) bond motifs is 1. The maximum absolute atomic E-state index is 12.9. The molecule has 6 heteroatoms. The number of hydrogen-bond donors (Lipinski definition) is 2. The van der Waals surface area contributed by atoms with Gasteiger partial charge in [-0.05, 0) is 35.4 Å². The predicted molar refractivity (Wildman–Crippen MR) is 107 cm³/mol. The normalized spacial score (nSPS) is 10.6. The number of esters is 1. The van der Waals surface area contributed by atoms with Crippen LogP contribution in [0, 0.1) is 0 Å². The van der Waals surface area contributed by atoms with Crippen LogP contribution in [0.5, 0.6) is 0 Å². The molecule has 0 aliphatic carbocycles. The van der Waals surface area contributed by atoms with Crippen LogP contribution in [0.25, 0.3) is 22.2 Å². The van der Waals surface area contributed by atoms with Crippen LogP contribution in [0.4, 0.5) is 5.95 Å². The molecule has 1 heterocycles. The number of carbonyl (C=O) groups is 2. The minimum Gasteiger partial charge on any atom is -0.465 e. The second kappa shape index (κ2) is 7.36. The Bertz CT molecular complexity index is 1130. The molecule has 0 saturated heterocycles. The number of benzene rings is 3. The lowest BCUT2D eigenvalue weighted by molar-refractivity contribution is 0.0597. The molecule has 0 radical (unpaired) electrons. The Morgan fingerprint density at radius 1 is 0.893 bits per heavy atom. The summed E-state index contributed by atoms with van der Waals surface area (Å²) in [5.74, 6) is -0.710. The Hall–Kier alpha value is -3.93. The van der Waals surface area contributed by atoms with Gasteiger partial charge in [0.2, 0.25) is 5.95 Å². The maximum atomic E-state index is 12.9. The number of hydrogen-bond acceptors (Lipinski definition) is 4. The molecule has 0 unspecified atom stereocenters. The quantitative estimate of drug-likeness (QED) is 0.525. The van der Waals surface area contributed by atoms with Gasteiger partial charge < -0.3 is 9.72 Å². The van der Waals surface area contributed by atoms with Crippen LogP contribution in [0.3, 0.4) is 0 Å². The van der Waals surface area contributed by atoms with E-state index in [0.29, 0.717) is 5.95 Å². The van der Waals surface area contributed by atoms with Crippen LogP contribution in [-0.4, -0.2) is 29.0 Å². The van der Waals surface area contributed by atoms with E-state index in [1.165, 1.54) is 7.11 Å². The van der Waals surface area contributed by atoms with Gasteiger partial charge in [-0.3, -0.25) is 10.1 Å². The van der Waals surface area contributed by atoms with Crippen LogP contribution >= 0.6 is 0 Å². The third-order valence-electron chi connectivity index (χ3n) is 4.40. The number of nitrogens with zero attached hydrogens (tertiary/aromatic N) is 1. The lowest BCUT2D eigenvalue weighted by Crippen LogP contribution is -2.18. The molecule has 6 nitrogen and oxygen atoms in total. The van der Waals surface area contributed by atoms with Crippen molar-refractivity contribution in [1.29, 1.82) is 0 Å². The molecule has 1 amide bonds. The van der Waals surface area contributed by atoms with Crippen molar-refractivity contribution < 1.29 is 14.3 Å². The average molecular weight is 371 g/mol. The van der Waals surface area contributed by atoms with Crippen molar-refractivity contribution in [1.82, 2.24) is 9.97 Å². The van der Waals surface area contributed by atoms with Gasteiger partial charge in [-0.2, -0.15) is 0 Å². The summed E-state index contributed by atoms with van der Waals surface area (Å²) in [7, 11) is 1.29. The highest BCUT2D eigenvalue weighted by atomic mass is 16.5. The molecule has 0 atom stereocenters. The number of aromatic amines is 1. The van der Waals surface area contributed by atoms with Gasteiger partial charge in [-0.15, -0.1) is 0 Å². The molecule has 0 aliphatic heterocycles.